The molecular formula is C33H33NO4. The second kappa shape index (κ2) is 10.5. The summed E-state index contributed by atoms with van der Waals surface area (Å²) < 4.78 is 13.2. The van der Waals surface area contributed by atoms with Crippen LogP contribution in [0.5, 0.6) is 0 Å². The number of carbonyl (C=O) groups excluding carboxylic acids is 2. The average Bonchev–Trinajstić information content (AvgIpc) is 3.20. The fourth-order valence-corrected chi connectivity index (χ4v) is 6.42. The Morgan fingerprint density at radius 2 is 1.66 bits per heavy atom. The van der Waals surface area contributed by atoms with Crippen LogP contribution in [0.4, 0.5) is 0 Å². The van der Waals surface area contributed by atoms with Gasteiger partial charge >= 0.3 is 11.9 Å². The zero-order valence-electron chi connectivity index (χ0n) is 21.8. The van der Waals surface area contributed by atoms with Gasteiger partial charge in [-0.3, -0.25) is 0 Å². The van der Waals surface area contributed by atoms with Crippen molar-refractivity contribution in [1.29, 1.82) is 0 Å². The van der Waals surface area contributed by atoms with Gasteiger partial charge in [-0.25, -0.2) is 9.59 Å². The molecule has 38 heavy (non-hydrogen) atoms. The smallest absolute Gasteiger partial charge is 0.337 e. The van der Waals surface area contributed by atoms with Gasteiger partial charge in [-0.15, -0.1) is 0 Å². The normalized spacial score (nSPS) is 17.3. The monoisotopic (exact) mass is 507 g/mol. The van der Waals surface area contributed by atoms with E-state index in [4.69, 9.17) is 9.47 Å². The number of benzene rings is 3. The standard InChI is InChI=1S/C33H33NO4/c1-37-32(35)25-16-18-27-29(20-25)34-28(33(36)38-21-22-10-4-2-5-11-22)19-17-23-12-8-9-15-26(23)31(34)30(27)24-13-6-3-7-14-24/h2,4-5,8-12,15-16,18,20,24,28H,3,6-7,13-14,17,19,21H2,1H3. The van der Waals surface area contributed by atoms with Crippen LogP contribution in [-0.2, 0) is 27.3 Å². The number of rotatable bonds is 5. The predicted octanol–water partition coefficient (Wildman–Crippen LogP) is 7.37. The molecule has 1 aromatic heterocycles. The molecule has 1 saturated carbocycles. The molecule has 0 radical (unpaired) electrons. The molecule has 0 amide bonds. The van der Waals surface area contributed by atoms with Crippen molar-refractivity contribution in [2.24, 2.45) is 0 Å². The summed E-state index contributed by atoms with van der Waals surface area (Å²) >= 11 is 0. The number of methoxy groups -OCH3 is 1. The third kappa shape index (κ3) is 4.40. The van der Waals surface area contributed by atoms with Crippen molar-refractivity contribution in [1.82, 2.24) is 4.57 Å². The number of fused-ring (bicyclic) bond motifs is 5. The van der Waals surface area contributed by atoms with Crippen LogP contribution in [0.3, 0.4) is 0 Å². The molecule has 0 spiro atoms. The van der Waals surface area contributed by atoms with Gasteiger partial charge < -0.3 is 14.0 Å². The Hall–Kier alpha value is -3.86. The maximum atomic E-state index is 13.8. The fraction of sp³-hybridized carbons (Fsp3) is 0.333. The third-order valence-corrected chi connectivity index (χ3v) is 8.25. The first-order valence-corrected chi connectivity index (χ1v) is 13.7. The molecule has 4 aromatic rings. The maximum absolute atomic E-state index is 13.8. The molecule has 1 fully saturated rings. The van der Waals surface area contributed by atoms with Gasteiger partial charge in [0.25, 0.3) is 0 Å². The highest BCUT2D eigenvalue weighted by atomic mass is 16.5. The summed E-state index contributed by atoms with van der Waals surface area (Å²) in [7, 11) is 1.40. The van der Waals surface area contributed by atoms with Gasteiger partial charge in [-0.05, 0) is 60.4 Å². The molecule has 1 aliphatic heterocycles. The molecule has 1 unspecified atom stereocenters. The van der Waals surface area contributed by atoms with E-state index in [1.165, 1.54) is 43.1 Å². The van der Waals surface area contributed by atoms with Crippen molar-refractivity contribution in [3.8, 4) is 11.3 Å². The van der Waals surface area contributed by atoms with E-state index >= 15 is 0 Å². The van der Waals surface area contributed by atoms with E-state index in [9.17, 15) is 9.59 Å². The lowest BCUT2D eigenvalue weighted by Gasteiger charge is -2.24. The van der Waals surface area contributed by atoms with Crippen LogP contribution in [-0.4, -0.2) is 23.6 Å². The Morgan fingerprint density at radius 1 is 0.895 bits per heavy atom. The summed E-state index contributed by atoms with van der Waals surface area (Å²) in [6, 6.07) is 23.7. The van der Waals surface area contributed by atoms with Gasteiger partial charge in [0.2, 0.25) is 0 Å². The highest BCUT2D eigenvalue weighted by Crippen LogP contribution is 2.48. The zero-order valence-corrected chi connectivity index (χ0v) is 21.8. The van der Waals surface area contributed by atoms with E-state index in [2.05, 4.69) is 34.9 Å². The van der Waals surface area contributed by atoms with Crippen molar-refractivity contribution >= 4 is 22.8 Å². The summed E-state index contributed by atoms with van der Waals surface area (Å²) in [6.07, 6.45) is 7.37. The molecular weight excluding hydrogens is 474 g/mol. The molecule has 3 aromatic carbocycles. The SMILES string of the molecule is COC(=O)c1ccc2c(C3CCCCC3)c3n(c2c1)C(C(=O)OCc1ccccc1)CCc1ccccc1-3. The van der Waals surface area contributed by atoms with Crippen molar-refractivity contribution < 1.29 is 19.1 Å². The molecule has 194 valence electrons. The van der Waals surface area contributed by atoms with Crippen LogP contribution in [0.1, 0.15) is 77.5 Å². The lowest BCUT2D eigenvalue weighted by Crippen LogP contribution is -2.22. The predicted molar refractivity (Wildman–Crippen MR) is 148 cm³/mol. The molecule has 0 saturated heterocycles. The quantitative estimate of drug-likeness (QED) is 0.265. The van der Waals surface area contributed by atoms with Crippen molar-refractivity contribution in [3.05, 3.63) is 95.1 Å². The lowest BCUT2D eigenvalue weighted by atomic mass is 9.81. The van der Waals surface area contributed by atoms with Crippen LogP contribution in [0.2, 0.25) is 0 Å². The Labute approximate surface area is 223 Å². The van der Waals surface area contributed by atoms with Crippen LogP contribution in [0.15, 0.2) is 72.8 Å². The summed E-state index contributed by atoms with van der Waals surface area (Å²) in [4.78, 5) is 26.4. The number of ether oxygens (including phenoxy) is 2. The Balaban J connectivity index is 1.55. The third-order valence-electron chi connectivity index (χ3n) is 8.25. The number of aryl methyl sites for hydroxylation is 1. The molecule has 0 N–H and O–H groups in total. The molecule has 5 heteroatoms. The van der Waals surface area contributed by atoms with Gasteiger partial charge in [0.15, 0.2) is 0 Å². The number of hydrogen-bond donors (Lipinski definition) is 0. The van der Waals surface area contributed by atoms with Crippen LogP contribution in [0, 0.1) is 0 Å². The molecule has 1 aliphatic carbocycles. The Bertz CT molecular complexity index is 1480. The summed E-state index contributed by atoms with van der Waals surface area (Å²) in [5, 5.41) is 1.12. The highest BCUT2D eigenvalue weighted by molar-refractivity contribution is 6.00. The largest absolute Gasteiger partial charge is 0.465 e. The van der Waals surface area contributed by atoms with Crippen molar-refractivity contribution in [2.45, 2.75) is 63.5 Å². The van der Waals surface area contributed by atoms with E-state index in [1.807, 2.05) is 42.5 Å². The first kappa shape index (κ1) is 24.5. The first-order chi connectivity index (χ1) is 18.7. The number of hydrogen-bond acceptors (Lipinski definition) is 4. The van der Waals surface area contributed by atoms with Gasteiger partial charge in [0.1, 0.15) is 12.6 Å². The Morgan fingerprint density at radius 3 is 2.45 bits per heavy atom. The van der Waals surface area contributed by atoms with Crippen molar-refractivity contribution in [3.63, 3.8) is 0 Å². The van der Waals surface area contributed by atoms with Crippen LogP contribution in [0.25, 0.3) is 22.2 Å². The minimum Gasteiger partial charge on any atom is -0.465 e. The summed E-state index contributed by atoms with van der Waals surface area (Å²) in [5.41, 5.74) is 7.22. The fourth-order valence-electron chi connectivity index (χ4n) is 6.42. The van der Waals surface area contributed by atoms with E-state index < -0.39 is 6.04 Å². The first-order valence-electron chi connectivity index (χ1n) is 13.7. The molecule has 5 nitrogen and oxygen atoms in total. The molecule has 2 aliphatic rings. The van der Waals surface area contributed by atoms with Crippen molar-refractivity contribution in [2.75, 3.05) is 7.11 Å². The number of carbonyl (C=O) groups is 2. The highest BCUT2D eigenvalue weighted by Gasteiger charge is 2.35. The number of esters is 2. The second-order valence-corrected chi connectivity index (χ2v) is 10.5. The average molecular weight is 508 g/mol. The minimum atomic E-state index is -0.492. The van der Waals surface area contributed by atoms with E-state index in [-0.39, 0.29) is 18.5 Å². The van der Waals surface area contributed by atoms with Gasteiger partial charge in [0, 0.05) is 10.9 Å². The van der Waals surface area contributed by atoms with E-state index in [1.54, 1.807) is 0 Å². The second-order valence-electron chi connectivity index (χ2n) is 10.5. The van der Waals surface area contributed by atoms with Crippen LogP contribution >= 0.6 is 0 Å². The molecule has 6 rings (SSSR count). The topological polar surface area (TPSA) is 57.5 Å². The Kier molecular flexibility index (Phi) is 6.75. The van der Waals surface area contributed by atoms with Gasteiger partial charge in [-0.1, -0.05) is 79.9 Å². The van der Waals surface area contributed by atoms with E-state index in [0.29, 0.717) is 17.9 Å². The van der Waals surface area contributed by atoms with Gasteiger partial charge in [0.05, 0.1) is 23.9 Å². The molecule has 2 heterocycles. The van der Waals surface area contributed by atoms with Gasteiger partial charge in [-0.2, -0.15) is 0 Å². The zero-order chi connectivity index (χ0) is 26.1. The van der Waals surface area contributed by atoms with Crippen LogP contribution < -0.4 is 0 Å². The summed E-state index contributed by atoms with van der Waals surface area (Å²) in [6.45, 7) is 0.237. The summed E-state index contributed by atoms with van der Waals surface area (Å²) in [5.74, 6) is -0.198. The maximum Gasteiger partial charge on any atom is 0.337 e. The lowest BCUT2D eigenvalue weighted by molar-refractivity contribution is -0.149. The minimum absolute atomic E-state index is 0.237. The van der Waals surface area contributed by atoms with E-state index in [0.717, 1.165) is 41.4 Å². The molecule has 1 atom stereocenters. The molecule has 0 bridgehead atoms. The number of nitrogens with zero attached hydrogens (tertiary/aromatic N) is 1. The number of aromatic nitrogens is 1.